The molecule has 0 spiro atoms. The molecule has 0 amide bonds. The van der Waals surface area contributed by atoms with Crippen molar-refractivity contribution in [3.63, 3.8) is 0 Å². The largest absolute Gasteiger partial charge is 0.480 e. The van der Waals surface area contributed by atoms with Crippen molar-refractivity contribution >= 4 is 23.0 Å². The van der Waals surface area contributed by atoms with Gasteiger partial charge in [0.15, 0.2) is 0 Å². The van der Waals surface area contributed by atoms with Gasteiger partial charge in [0, 0.05) is 32.4 Å². The fourth-order valence-corrected chi connectivity index (χ4v) is 6.77. The number of anilines is 1. The number of para-hydroxylation sites is 2. The molecule has 206 valence electrons. The maximum atomic E-state index is 12.9. The zero-order valence-corrected chi connectivity index (χ0v) is 23.0. The van der Waals surface area contributed by atoms with Gasteiger partial charge in [0.2, 0.25) is 5.95 Å². The van der Waals surface area contributed by atoms with Crippen LogP contribution < -0.4 is 4.90 Å². The second kappa shape index (κ2) is 10.5. The number of nitrogens with zero attached hydrogens (tertiary/aromatic N) is 5. The van der Waals surface area contributed by atoms with E-state index in [0.29, 0.717) is 6.42 Å². The van der Waals surface area contributed by atoms with Gasteiger partial charge in [-0.3, -0.25) is 14.3 Å². The first-order chi connectivity index (χ1) is 20.2. The number of carbonyl (C=O) groups is 1. The summed E-state index contributed by atoms with van der Waals surface area (Å²) in [6, 6.07) is 30.2. The normalized spacial score (nSPS) is 16.0. The summed E-state index contributed by atoms with van der Waals surface area (Å²) in [7, 11) is 0. The van der Waals surface area contributed by atoms with E-state index in [1.165, 1.54) is 0 Å². The van der Waals surface area contributed by atoms with Gasteiger partial charge in [-0.05, 0) is 65.9 Å². The number of hydrogen-bond acceptors (Lipinski definition) is 5. The molecule has 1 saturated heterocycles. The van der Waals surface area contributed by atoms with Gasteiger partial charge in [-0.1, -0.05) is 73.2 Å². The maximum absolute atomic E-state index is 12.9. The first kappa shape index (κ1) is 25.5. The maximum Gasteiger partial charge on any atom is 0.318 e. The van der Waals surface area contributed by atoms with E-state index in [9.17, 15) is 9.90 Å². The Kier molecular flexibility index (Phi) is 6.51. The molecular weight excluding hydrogens is 510 g/mol. The van der Waals surface area contributed by atoms with Gasteiger partial charge < -0.3 is 10.0 Å². The smallest absolute Gasteiger partial charge is 0.318 e. The number of carboxylic acids is 1. The molecule has 7 nitrogen and oxygen atoms in total. The molecule has 0 saturated carbocycles. The molecule has 41 heavy (non-hydrogen) atoms. The van der Waals surface area contributed by atoms with Crippen LogP contribution in [-0.4, -0.2) is 63.2 Å². The van der Waals surface area contributed by atoms with Gasteiger partial charge in [-0.2, -0.15) is 0 Å². The Morgan fingerprint density at radius 3 is 2.12 bits per heavy atom. The molecular formula is C34H33N5O2. The Hall–Kier alpha value is -4.49. The minimum absolute atomic E-state index is 0.602. The zero-order chi connectivity index (χ0) is 27.8. The van der Waals surface area contributed by atoms with Crippen LogP contribution in [0.3, 0.4) is 0 Å². The van der Waals surface area contributed by atoms with Crippen molar-refractivity contribution in [2.24, 2.45) is 0 Å². The number of unbranched alkanes of at least 4 members (excludes halogenated alkanes) is 1. The molecule has 3 heterocycles. The Morgan fingerprint density at radius 1 is 0.780 bits per heavy atom. The molecule has 7 rings (SSSR count). The van der Waals surface area contributed by atoms with Gasteiger partial charge in [0.05, 0.1) is 11.0 Å². The predicted molar refractivity (Wildman–Crippen MR) is 162 cm³/mol. The van der Waals surface area contributed by atoms with Crippen LogP contribution in [0.4, 0.5) is 5.95 Å². The first-order valence-electron chi connectivity index (χ1n) is 14.5. The van der Waals surface area contributed by atoms with E-state index < -0.39 is 11.4 Å². The van der Waals surface area contributed by atoms with Crippen LogP contribution in [0.15, 0.2) is 97.2 Å². The number of piperazine rings is 1. The lowest BCUT2D eigenvalue weighted by molar-refractivity contribution is -0.142. The highest BCUT2D eigenvalue weighted by atomic mass is 16.4. The van der Waals surface area contributed by atoms with Gasteiger partial charge in [-0.15, -0.1) is 0 Å². The van der Waals surface area contributed by atoms with Gasteiger partial charge >= 0.3 is 5.97 Å². The van der Waals surface area contributed by atoms with Crippen molar-refractivity contribution in [3.05, 3.63) is 108 Å². The van der Waals surface area contributed by atoms with Gasteiger partial charge in [0.1, 0.15) is 11.2 Å². The molecule has 2 aliphatic rings. The van der Waals surface area contributed by atoms with Crippen LogP contribution in [0, 0.1) is 0 Å². The zero-order valence-electron chi connectivity index (χ0n) is 23.0. The van der Waals surface area contributed by atoms with Crippen molar-refractivity contribution in [2.45, 2.75) is 24.7 Å². The molecule has 0 atom stereocenters. The quantitative estimate of drug-likeness (QED) is 0.251. The number of benzene rings is 3. The number of aromatic nitrogens is 3. The van der Waals surface area contributed by atoms with E-state index in [2.05, 4.69) is 43.6 Å². The molecule has 0 bridgehead atoms. The molecule has 0 radical (unpaired) electrons. The molecule has 1 aliphatic carbocycles. The topological polar surface area (TPSA) is 74.5 Å². The van der Waals surface area contributed by atoms with E-state index in [-0.39, 0.29) is 0 Å². The Labute approximate surface area is 239 Å². The summed E-state index contributed by atoms with van der Waals surface area (Å²) in [6.07, 6.45) is 4.24. The minimum atomic E-state index is -0.976. The molecule has 0 unspecified atom stereocenters. The molecule has 1 fully saturated rings. The van der Waals surface area contributed by atoms with E-state index in [1.54, 1.807) is 0 Å². The second-order valence-corrected chi connectivity index (χ2v) is 11.0. The van der Waals surface area contributed by atoms with Crippen molar-refractivity contribution < 1.29 is 9.90 Å². The lowest BCUT2D eigenvalue weighted by Gasteiger charge is -2.35. The molecule has 1 aliphatic heterocycles. The van der Waals surface area contributed by atoms with Crippen LogP contribution in [0.25, 0.3) is 28.0 Å². The standard InChI is InChI=1S/C34H33N5O2/c40-32(41)34(27-13-3-1-11-25(27)26-12-2-4-14-28(26)34)18-8-10-20-37-21-23-38(24-22-37)33-36-29-15-5-6-16-30(29)39(33)31-17-7-9-19-35-31/h1-7,9,11-17,19H,8,10,18,20-24H2,(H,40,41). The monoisotopic (exact) mass is 543 g/mol. The number of fused-ring (bicyclic) bond motifs is 4. The Balaban J connectivity index is 1.02. The fourth-order valence-electron chi connectivity index (χ4n) is 6.77. The van der Waals surface area contributed by atoms with Crippen LogP contribution >= 0.6 is 0 Å². The highest BCUT2D eigenvalue weighted by Gasteiger charge is 2.48. The van der Waals surface area contributed by atoms with E-state index in [1.807, 2.05) is 72.9 Å². The third kappa shape index (κ3) is 4.28. The SMILES string of the molecule is O=C(O)C1(CCCCN2CCN(c3nc4ccccc4n3-c3ccccn3)CC2)c2ccccc2-c2ccccc21. The number of hydrogen-bond donors (Lipinski definition) is 1. The Morgan fingerprint density at radius 2 is 1.44 bits per heavy atom. The number of carboxylic acid groups (broad SMARTS) is 1. The summed E-state index contributed by atoms with van der Waals surface area (Å²) in [6.45, 7) is 4.62. The summed E-state index contributed by atoms with van der Waals surface area (Å²) >= 11 is 0. The molecule has 7 heteroatoms. The van der Waals surface area contributed by atoms with Crippen molar-refractivity contribution in [2.75, 3.05) is 37.6 Å². The summed E-state index contributed by atoms with van der Waals surface area (Å²) in [5.41, 5.74) is 5.02. The minimum Gasteiger partial charge on any atom is -0.480 e. The predicted octanol–water partition coefficient (Wildman–Crippen LogP) is 5.76. The molecule has 1 N–H and O–H groups in total. The second-order valence-electron chi connectivity index (χ2n) is 11.0. The number of aliphatic carboxylic acids is 1. The third-order valence-corrected chi connectivity index (χ3v) is 8.78. The number of imidazole rings is 1. The van der Waals surface area contributed by atoms with Crippen LogP contribution in [0.5, 0.6) is 0 Å². The highest BCUT2D eigenvalue weighted by molar-refractivity contribution is 5.97. The summed E-state index contributed by atoms with van der Waals surface area (Å²) < 4.78 is 2.16. The van der Waals surface area contributed by atoms with E-state index in [0.717, 1.165) is 90.6 Å². The summed E-state index contributed by atoms with van der Waals surface area (Å²) in [4.78, 5) is 27.3. The van der Waals surface area contributed by atoms with Crippen molar-refractivity contribution in [3.8, 4) is 16.9 Å². The first-order valence-corrected chi connectivity index (χ1v) is 14.5. The lowest BCUT2D eigenvalue weighted by Crippen LogP contribution is -2.47. The highest BCUT2D eigenvalue weighted by Crippen LogP contribution is 2.51. The van der Waals surface area contributed by atoms with E-state index in [4.69, 9.17) is 4.98 Å². The third-order valence-electron chi connectivity index (χ3n) is 8.78. The fraction of sp³-hybridized carbons (Fsp3) is 0.265. The molecule has 3 aromatic carbocycles. The average Bonchev–Trinajstić information content (AvgIpc) is 3.55. The van der Waals surface area contributed by atoms with Crippen LogP contribution in [-0.2, 0) is 10.2 Å². The van der Waals surface area contributed by atoms with Crippen molar-refractivity contribution in [1.82, 2.24) is 19.4 Å². The number of rotatable bonds is 8. The average molecular weight is 544 g/mol. The summed E-state index contributed by atoms with van der Waals surface area (Å²) in [5, 5.41) is 10.6. The lowest BCUT2D eigenvalue weighted by atomic mass is 9.74. The molecule has 2 aromatic heterocycles. The van der Waals surface area contributed by atoms with Gasteiger partial charge in [0.25, 0.3) is 0 Å². The van der Waals surface area contributed by atoms with E-state index >= 15 is 0 Å². The summed E-state index contributed by atoms with van der Waals surface area (Å²) in [5.74, 6) is 1.06. The van der Waals surface area contributed by atoms with Crippen molar-refractivity contribution in [1.29, 1.82) is 0 Å². The molecule has 5 aromatic rings. The van der Waals surface area contributed by atoms with Crippen LogP contribution in [0.1, 0.15) is 30.4 Å². The Bertz CT molecular complexity index is 1660. The van der Waals surface area contributed by atoms with Crippen LogP contribution in [0.2, 0.25) is 0 Å². The van der Waals surface area contributed by atoms with Gasteiger partial charge in [-0.25, -0.2) is 9.97 Å². The number of pyridine rings is 1.